The van der Waals surface area contributed by atoms with Crippen LogP contribution in [0.1, 0.15) is 0 Å². The molecule has 0 radical (unpaired) electrons. The van der Waals surface area contributed by atoms with E-state index in [0.29, 0.717) is 5.82 Å². The Kier molecular flexibility index (Phi) is 2.48. The van der Waals surface area contributed by atoms with Crippen LogP contribution in [-0.4, -0.2) is 32.5 Å². The summed E-state index contributed by atoms with van der Waals surface area (Å²) in [6.45, 7) is 0. The van der Waals surface area contributed by atoms with Gasteiger partial charge in [0.05, 0.1) is 12.4 Å². The van der Waals surface area contributed by atoms with E-state index in [9.17, 15) is 8.42 Å². The van der Waals surface area contributed by atoms with Gasteiger partial charge in [-0.05, 0) is 0 Å². The Labute approximate surface area is 76.5 Å². The fourth-order valence-corrected chi connectivity index (χ4v) is 1.13. The molecule has 1 aromatic rings. The van der Waals surface area contributed by atoms with Gasteiger partial charge in [0.2, 0.25) is 5.03 Å². The van der Waals surface area contributed by atoms with Crippen molar-refractivity contribution in [1.29, 1.82) is 0 Å². The van der Waals surface area contributed by atoms with E-state index in [0.717, 1.165) is 0 Å². The summed E-state index contributed by atoms with van der Waals surface area (Å²) in [4.78, 5) is 9.33. The highest BCUT2D eigenvalue weighted by atomic mass is 32.2. The van der Waals surface area contributed by atoms with Gasteiger partial charge in [0, 0.05) is 14.1 Å². The van der Waals surface area contributed by atoms with Crippen molar-refractivity contribution in [1.82, 2.24) is 9.97 Å². The molecule has 3 N–H and O–H groups in total. The van der Waals surface area contributed by atoms with Crippen LogP contribution in [0.5, 0.6) is 0 Å². The van der Waals surface area contributed by atoms with Crippen LogP contribution in [0.25, 0.3) is 0 Å². The van der Waals surface area contributed by atoms with Crippen LogP contribution in [0.15, 0.2) is 17.4 Å². The molecule has 0 spiro atoms. The van der Waals surface area contributed by atoms with Gasteiger partial charge in [-0.25, -0.2) is 15.1 Å². The van der Waals surface area contributed by atoms with E-state index < -0.39 is 10.0 Å². The lowest BCUT2D eigenvalue weighted by molar-refractivity contribution is -0.165. The molecule has 0 bridgehead atoms. The topological polar surface area (TPSA) is 90.8 Å². The zero-order chi connectivity index (χ0) is 10.1. The molecule has 1 rings (SSSR count). The second-order valence-electron chi connectivity index (χ2n) is 2.72. The Balaban J connectivity index is 3.08. The van der Waals surface area contributed by atoms with Crippen LogP contribution < -0.4 is 10.0 Å². The van der Waals surface area contributed by atoms with E-state index in [1.165, 1.54) is 12.4 Å². The maximum atomic E-state index is 10.9. The van der Waals surface area contributed by atoms with Crippen LogP contribution in [0.2, 0.25) is 0 Å². The van der Waals surface area contributed by atoms with E-state index in [4.69, 9.17) is 0 Å². The van der Waals surface area contributed by atoms with Crippen molar-refractivity contribution >= 4 is 15.8 Å². The molecular weight excluding hydrogens is 192 g/mol. The Morgan fingerprint density at radius 1 is 1.31 bits per heavy atom. The molecule has 0 aliphatic rings. The number of nitrogens with zero attached hydrogens (tertiary/aromatic N) is 3. The molecule has 1 aromatic heterocycles. The Bertz CT molecular complexity index is 384. The first-order valence-electron chi connectivity index (χ1n) is 3.49. The molecule has 0 saturated carbocycles. The van der Waals surface area contributed by atoms with E-state index in [1.54, 1.807) is 19.0 Å². The van der Waals surface area contributed by atoms with Gasteiger partial charge in [0.15, 0.2) is 0 Å². The molecule has 0 amide bonds. The second kappa shape index (κ2) is 3.27. The van der Waals surface area contributed by atoms with Crippen LogP contribution in [-0.2, 0) is 10.0 Å². The molecule has 1 heterocycles. The minimum absolute atomic E-state index is 0.113. The van der Waals surface area contributed by atoms with Crippen molar-refractivity contribution in [3.05, 3.63) is 12.4 Å². The number of hydrogen-bond donors (Lipinski definition) is 1. The SMILES string of the molecule is CN(C)c1cnc(S([NH3+])(=O)=O)cn1. The summed E-state index contributed by atoms with van der Waals surface area (Å²) in [6, 6.07) is 0. The largest absolute Gasteiger partial charge is 0.361 e. The highest BCUT2D eigenvalue weighted by Crippen LogP contribution is 2.05. The van der Waals surface area contributed by atoms with Crippen LogP contribution >= 0.6 is 0 Å². The number of hydrogen-bond acceptors (Lipinski definition) is 5. The Morgan fingerprint density at radius 3 is 2.23 bits per heavy atom. The molecule has 7 heteroatoms. The monoisotopic (exact) mass is 203 g/mol. The average Bonchev–Trinajstić information content (AvgIpc) is 2.03. The highest BCUT2D eigenvalue weighted by molar-refractivity contribution is 7.84. The first-order chi connectivity index (χ1) is 5.91. The van der Waals surface area contributed by atoms with Gasteiger partial charge in [-0.3, -0.25) is 0 Å². The number of quaternary nitrogens is 1. The van der Waals surface area contributed by atoms with Crippen LogP contribution in [0, 0.1) is 0 Å². The maximum Gasteiger partial charge on any atom is 0.341 e. The molecule has 0 aliphatic heterocycles. The molecule has 0 atom stereocenters. The number of sulfonamides is 1. The van der Waals surface area contributed by atoms with Crippen molar-refractivity contribution in [3.8, 4) is 0 Å². The summed E-state index contributed by atoms with van der Waals surface area (Å²) in [6.07, 6.45) is 2.58. The van der Waals surface area contributed by atoms with Gasteiger partial charge < -0.3 is 4.90 Å². The summed E-state index contributed by atoms with van der Waals surface area (Å²) < 4.78 is 21.8. The molecule has 0 unspecified atom stereocenters. The van der Waals surface area contributed by atoms with Crippen molar-refractivity contribution in [2.75, 3.05) is 19.0 Å². The van der Waals surface area contributed by atoms with Gasteiger partial charge in [-0.15, -0.1) is 0 Å². The molecule has 0 saturated heterocycles. The Morgan fingerprint density at radius 2 is 1.92 bits per heavy atom. The molecule has 0 aromatic carbocycles. The van der Waals surface area contributed by atoms with Crippen LogP contribution in [0.4, 0.5) is 5.82 Å². The fourth-order valence-electron chi connectivity index (χ4n) is 0.701. The minimum Gasteiger partial charge on any atom is -0.361 e. The maximum absolute atomic E-state index is 10.9. The van der Waals surface area contributed by atoms with Crippen molar-refractivity contribution in [2.24, 2.45) is 0 Å². The molecular formula is C6H11N4O2S+. The Hall–Kier alpha value is -1.21. The van der Waals surface area contributed by atoms with E-state index in [-0.39, 0.29) is 5.03 Å². The first kappa shape index (κ1) is 9.87. The molecule has 72 valence electrons. The summed E-state index contributed by atoms with van der Waals surface area (Å²) in [7, 11) is 0.101. The van der Waals surface area contributed by atoms with Gasteiger partial charge in [-0.2, -0.15) is 8.42 Å². The van der Waals surface area contributed by atoms with Crippen LogP contribution in [0.3, 0.4) is 0 Å². The summed E-state index contributed by atoms with van der Waals surface area (Å²) in [5.41, 5.74) is 0. The summed E-state index contributed by atoms with van der Waals surface area (Å²) >= 11 is 0. The first-order valence-corrected chi connectivity index (χ1v) is 5.14. The predicted molar refractivity (Wildman–Crippen MR) is 46.4 cm³/mol. The van der Waals surface area contributed by atoms with Crippen molar-refractivity contribution in [2.45, 2.75) is 5.03 Å². The third-order valence-corrected chi connectivity index (χ3v) is 2.24. The standard InChI is InChI=1S/C6H10N4O2S/c1-10(2)5-3-9-6(4-8-5)13(7,11)12/h3-4H,1-2H3,(H2,7,11,12)/p+1. The lowest BCUT2D eigenvalue weighted by atomic mass is 10.6. The third kappa shape index (κ3) is 2.36. The van der Waals surface area contributed by atoms with Gasteiger partial charge in [0.1, 0.15) is 5.82 Å². The minimum atomic E-state index is -3.49. The smallest absolute Gasteiger partial charge is 0.341 e. The van der Waals surface area contributed by atoms with E-state index >= 15 is 0 Å². The average molecular weight is 203 g/mol. The van der Waals surface area contributed by atoms with Gasteiger partial charge >= 0.3 is 10.0 Å². The van der Waals surface area contributed by atoms with Crippen molar-refractivity contribution < 1.29 is 13.6 Å². The second-order valence-corrected chi connectivity index (χ2v) is 4.37. The highest BCUT2D eigenvalue weighted by Gasteiger charge is 2.13. The zero-order valence-corrected chi connectivity index (χ0v) is 8.24. The van der Waals surface area contributed by atoms with E-state index in [2.05, 4.69) is 15.1 Å². The fraction of sp³-hybridized carbons (Fsp3) is 0.333. The van der Waals surface area contributed by atoms with Crippen molar-refractivity contribution in [3.63, 3.8) is 0 Å². The van der Waals surface area contributed by atoms with Gasteiger partial charge in [-0.1, -0.05) is 0 Å². The van der Waals surface area contributed by atoms with Gasteiger partial charge in [0.25, 0.3) is 0 Å². The number of rotatable bonds is 2. The van der Waals surface area contributed by atoms with E-state index in [1.807, 2.05) is 0 Å². The summed E-state index contributed by atoms with van der Waals surface area (Å²) in [5.74, 6) is 0.604. The molecule has 13 heavy (non-hydrogen) atoms. The molecule has 0 aliphatic carbocycles. The number of anilines is 1. The molecule has 0 fully saturated rings. The normalized spacial score (nSPS) is 11.3. The zero-order valence-electron chi connectivity index (χ0n) is 7.43. The lowest BCUT2D eigenvalue weighted by Gasteiger charge is -2.09. The quantitative estimate of drug-likeness (QED) is 0.630. The predicted octanol–water partition coefficient (Wildman–Crippen LogP) is -1.53. The number of aromatic nitrogens is 2. The third-order valence-electron chi connectivity index (χ3n) is 1.39. The lowest BCUT2D eigenvalue weighted by Crippen LogP contribution is -2.56. The molecule has 6 nitrogen and oxygen atoms in total. The summed E-state index contributed by atoms with van der Waals surface area (Å²) in [5, 5.41) is 2.86.